The molecule has 158 valence electrons. The summed E-state index contributed by atoms with van der Waals surface area (Å²) in [7, 11) is 2.33. The van der Waals surface area contributed by atoms with Crippen LogP contribution in [0.4, 0.5) is 5.69 Å². The quantitative estimate of drug-likeness (QED) is 0.254. The third kappa shape index (κ3) is 5.36. The van der Waals surface area contributed by atoms with Crippen molar-refractivity contribution in [2.45, 2.75) is 32.6 Å². The SMILES string of the molecule is CCCC[N+]1(C)CCC(COC(=O)c2cc(Cl)c(N)c3c2OCCO3)CC1.[I-]. The van der Waals surface area contributed by atoms with Crippen LogP contribution >= 0.6 is 11.6 Å². The molecule has 28 heavy (non-hydrogen) atoms. The number of halogens is 2. The van der Waals surface area contributed by atoms with Crippen LogP contribution < -0.4 is 39.2 Å². The molecule has 0 spiro atoms. The number of carbonyl (C=O) groups excluding carboxylic acids is 1. The number of quaternary nitrogens is 1. The van der Waals surface area contributed by atoms with E-state index in [-0.39, 0.29) is 34.6 Å². The molecule has 0 saturated carbocycles. The monoisotopic (exact) mass is 524 g/mol. The smallest absolute Gasteiger partial charge is 0.342 e. The van der Waals surface area contributed by atoms with E-state index in [2.05, 4.69) is 14.0 Å². The average molecular weight is 525 g/mol. The Kier molecular flexibility index (Phi) is 8.51. The minimum atomic E-state index is -0.438. The highest BCUT2D eigenvalue weighted by Crippen LogP contribution is 2.43. The fourth-order valence-electron chi connectivity index (χ4n) is 3.79. The van der Waals surface area contributed by atoms with Gasteiger partial charge in [-0.15, -0.1) is 0 Å². The number of likely N-dealkylation sites (tertiary alicyclic amines) is 1. The van der Waals surface area contributed by atoms with Gasteiger partial charge in [0.1, 0.15) is 18.8 Å². The van der Waals surface area contributed by atoms with Crippen molar-refractivity contribution in [2.75, 3.05) is 52.2 Å². The highest BCUT2D eigenvalue weighted by atomic mass is 127. The minimum Gasteiger partial charge on any atom is -1.00 e. The van der Waals surface area contributed by atoms with Crippen LogP contribution in [0.25, 0.3) is 0 Å². The molecule has 6 nitrogen and oxygen atoms in total. The van der Waals surface area contributed by atoms with Crippen LogP contribution in [-0.2, 0) is 4.74 Å². The molecule has 0 bridgehead atoms. The second kappa shape index (κ2) is 10.2. The van der Waals surface area contributed by atoms with E-state index in [4.69, 9.17) is 31.5 Å². The van der Waals surface area contributed by atoms with E-state index in [1.54, 1.807) is 0 Å². The van der Waals surface area contributed by atoms with E-state index < -0.39 is 5.97 Å². The van der Waals surface area contributed by atoms with Gasteiger partial charge in [0, 0.05) is 18.8 Å². The van der Waals surface area contributed by atoms with Gasteiger partial charge < -0.3 is 48.4 Å². The summed E-state index contributed by atoms with van der Waals surface area (Å²) in [5.74, 6) is 0.634. The number of carbonyl (C=O) groups is 1. The van der Waals surface area contributed by atoms with E-state index in [1.807, 2.05) is 0 Å². The van der Waals surface area contributed by atoms with Gasteiger partial charge in [-0.1, -0.05) is 24.9 Å². The van der Waals surface area contributed by atoms with Crippen LogP contribution in [0.2, 0.25) is 5.02 Å². The maximum atomic E-state index is 12.6. The zero-order valence-electron chi connectivity index (χ0n) is 16.6. The van der Waals surface area contributed by atoms with Gasteiger partial charge in [-0.05, 0) is 12.5 Å². The lowest BCUT2D eigenvalue weighted by atomic mass is 9.96. The van der Waals surface area contributed by atoms with Gasteiger partial charge in [0.15, 0.2) is 11.5 Å². The zero-order valence-corrected chi connectivity index (χ0v) is 19.6. The molecule has 1 fully saturated rings. The Bertz CT molecular complexity index is 693. The first-order chi connectivity index (χ1) is 12.9. The third-order valence-corrected chi connectivity index (χ3v) is 5.99. The minimum absolute atomic E-state index is 0. The number of benzene rings is 1. The molecule has 0 aliphatic carbocycles. The van der Waals surface area contributed by atoms with E-state index in [1.165, 1.54) is 25.5 Å². The van der Waals surface area contributed by atoms with Crippen LogP contribution in [-0.4, -0.2) is 57.0 Å². The normalized spacial score (nSPS) is 23.6. The summed E-state index contributed by atoms with van der Waals surface area (Å²) in [6.45, 7) is 6.91. The molecule has 3 rings (SSSR count). The van der Waals surface area contributed by atoms with E-state index in [9.17, 15) is 4.79 Å². The molecule has 1 saturated heterocycles. The van der Waals surface area contributed by atoms with Gasteiger partial charge in [0.2, 0.25) is 0 Å². The average Bonchev–Trinajstić information content (AvgIpc) is 2.68. The summed E-state index contributed by atoms with van der Waals surface area (Å²) in [5, 5.41) is 0.271. The van der Waals surface area contributed by atoms with Gasteiger partial charge in [0.05, 0.1) is 44.0 Å². The van der Waals surface area contributed by atoms with Crippen molar-refractivity contribution in [1.29, 1.82) is 0 Å². The third-order valence-electron chi connectivity index (χ3n) is 5.68. The van der Waals surface area contributed by atoms with E-state index in [0.29, 0.717) is 42.9 Å². The molecule has 0 radical (unpaired) electrons. The van der Waals surface area contributed by atoms with Gasteiger partial charge in [-0.3, -0.25) is 0 Å². The Morgan fingerprint density at radius 1 is 1.29 bits per heavy atom. The zero-order chi connectivity index (χ0) is 19.4. The van der Waals surface area contributed by atoms with Crippen molar-refractivity contribution in [1.82, 2.24) is 0 Å². The first-order valence-electron chi connectivity index (χ1n) is 9.82. The number of hydrogen-bond donors (Lipinski definition) is 1. The molecule has 0 aromatic heterocycles. The summed E-state index contributed by atoms with van der Waals surface area (Å²) in [5.41, 5.74) is 6.50. The van der Waals surface area contributed by atoms with Crippen molar-refractivity contribution in [2.24, 2.45) is 5.92 Å². The maximum absolute atomic E-state index is 12.6. The molecule has 2 aliphatic heterocycles. The number of hydrogen-bond acceptors (Lipinski definition) is 5. The van der Waals surface area contributed by atoms with Crippen molar-refractivity contribution in [3.05, 3.63) is 16.7 Å². The molecular weight excluding hydrogens is 495 g/mol. The number of rotatable bonds is 6. The molecule has 1 aromatic rings. The number of fused-ring (bicyclic) bond motifs is 1. The number of piperidine rings is 1. The highest BCUT2D eigenvalue weighted by molar-refractivity contribution is 6.34. The Labute approximate surface area is 189 Å². The van der Waals surface area contributed by atoms with Crippen LogP contribution in [0.3, 0.4) is 0 Å². The van der Waals surface area contributed by atoms with E-state index >= 15 is 0 Å². The lowest BCUT2D eigenvalue weighted by molar-refractivity contribution is -0.915. The fourth-order valence-corrected chi connectivity index (χ4v) is 3.99. The van der Waals surface area contributed by atoms with Gasteiger partial charge >= 0.3 is 5.97 Å². The number of unbranched alkanes of at least 4 members (excludes halogenated alkanes) is 1. The molecule has 2 aliphatic rings. The van der Waals surface area contributed by atoms with E-state index in [0.717, 1.165) is 30.4 Å². The van der Waals surface area contributed by atoms with Crippen LogP contribution in [0, 0.1) is 5.92 Å². The van der Waals surface area contributed by atoms with Crippen molar-refractivity contribution in [3.63, 3.8) is 0 Å². The largest absolute Gasteiger partial charge is 1.00 e. The predicted molar refractivity (Wildman–Crippen MR) is 106 cm³/mol. The van der Waals surface area contributed by atoms with Crippen LogP contribution in [0.5, 0.6) is 11.5 Å². The number of anilines is 1. The topological polar surface area (TPSA) is 70.8 Å². The standard InChI is InChI=1S/C20H29ClN2O4.HI/c1-3-4-7-23(2)8-5-14(6-9-23)13-27-20(24)15-12-16(21)17(22)19-18(15)25-10-11-26-19;/h12,14H,3-11,13H2,1-2H3,(H-,22,24);1H. The highest BCUT2D eigenvalue weighted by Gasteiger charge is 2.31. The summed E-state index contributed by atoms with van der Waals surface area (Å²) >= 11 is 6.15. The van der Waals surface area contributed by atoms with Crippen molar-refractivity contribution < 1.29 is 47.5 Å². The molecule has 2 heterocycles. The lowest BCUT2D eigenvalue weighted by Gasteiger charge is -2.40. The van der Waals surface area contributed by atoms with Crippen LogP contribution in [0.1, 0.15) is 43.0 Å². The van der Waals surface area contributed by atoms with Gasteiger partial charge in [-0.2, -0.15) is 0 Å². The summed E-state index contributed by atoms with van der Waals surface area (Å²) in [6.07, 6.45) is 4.65. The fraction of sp³-hybridized carbons (Fsp3) is 0.650. The van der Waals surface area contributed by atoms with Crippen LogP contribution in [0.15, 0.2) is 6.07 Å². The summed E-state index contributed by atoms with van der Waals surface area (Å²) < 4.78 is 17.9. The summed E-state index contributed by atoms with van der Waals surface area (Å²) in [4.78, 5) is 12.6. The molecule has 0 unspecified atom stereocenters. The molecule has 2 N–H and O–H groups in total. The van der Waals surface area contributed by atoms with Crippen molar-refractivity contribution in [3.8, 4) is 11.5 Å². The number of ether oxygens (including phenoxy) is 3. The predicted octanol–water partition coefficient (Wildman–Crippen LogP) is 0.511. The first kappa shape index (κ1) is 23.3. The molecule has 8 heteroatoms. The lowest BCUT2D eigenvalue weighted by Crippen LogP contribution is -3.00. The van der Waals surface area contributed by atoms with Gasteiger partial charge in [-0.25, -0.2) is 4.79 Å². The first-order valence-corrected chi connectivity index (χ1v) is 10.2. The molecule has 1 aromatic carbocycles. The Balaban J connectivity index is 0.00000280. The summed E-state index contributed by atoms with van der Waals surface area (Å²) in [6, 6.07) is 1.51. The molecule has 0 amide bonds. The number of nitrogens with zero attached hydrogens (tertiary/aromatic N) is 1. The maximum Gasteiger partial charge on any atom is 0.342 e. The van der Waals surface area contributed by atoms with Gasteiger partial charge in [0.25, 0.3) is 0 Å². The number of nitrogens with two attached hydrogens (primary N) is 1. The number of nitrogen functional groups attached to an aromatic ring is 1. The molecule has 0 atom stereocenters. The second-order valence-electron chi connectivity index (χ2n) is 7.86. The molecular formula is C20H30ClIN2O4. The Morgan fingerprint density at radius 3 is 2.57 bits per heavy atom. The van der Waals surface area contributed by atoms with Crippen molar-refractivity contribution >= 4 is 23.3 Å². The number of esters is 1. The Hall–Kier alpha value is -0.930. The Morgan fingerprint density at radius 2 is 1.93 bits per heavy atom. The second-order valence-corrected chi connectivity index (χ2v) is 8.27.